The highest BCUT2D eigenvalue weighted by atomic mass is 32.1. The molecule has 1 aliphatic rings. The van der Waals surface area contributed by atoms with Crippen molar-refractivity contribution < 1.29 is 4.79 Å². The summed E-state index contributed by atoms with van der Waals surface area (Å²) in [6, 6.07) is 1.96. The molecule has 0 fully saturated rings. The van der Waals surface area contributed by atoms with Crippen LogP contribution < -0.4 is 4.90 Å². The van der Waals surface area contributed by atoms with Crippen LogP contribution in [0, 0.1) is 0 Å². The average molecular weight is 340 g/mol. The zero-order valence-corrected chi connectivity index (χ0v) is 14.0. The van der Waals surface area contributed by atoms with Gasteiger partial charge in [0, 0.05) is 19.8 Å². The summed E-state index contributed by atoms with van der Waals surface area (Å²) >= 11 is 1.62. The highest BCUT2D eigenvalue weighted by molar-refractivity contribution is 7.09. The number of carbonyl (C=O) groups is 1. The van der Waals surface area contributed by atoms with Gasteiger partial charge in [0.05, 0.1) is 34.1 Å². The number of hydrogen-bond acceptors (Lipinski definition) is 6. The van der Waals surface area contributed by atoms with E-state index in [1.165, 1.54) is 11.0 Å². The van der Waals surface area contributed by atoms with Gasteiger partial charge in [0.2, 0.25) is 5.91 Å². The van der Waals surface area contributed by atoms with Gasteiger partial charge in [-0.25, -0.2) is 15.0 Å². The molecule has 0 unspecified atom stereocenters. The lowest BCUT2D eigenvalue weighted by atomic mass is 10.1. The van der Waals surface area contributed by atoms with Crippen LogP contribution in [-0.4, -0.2) is 44.3 Å². The van der Waals surface area contributed by atoms with E-state index in [9.17, 15) is 4.79 Å². The number of hydrogen-bond donors (Lipinski definition) is 1. The minimum atomic E-state index is -0.0819. The first-order valence-electron chi connectivity index (χ1n) is 7.53. The molecule has 4 heterocycles. The van der Waals surface area contributed by atoms with Crippen LogP contribution in [0.15, 0.2) is 36.8 Å². The molecule has 3 aromatic rings. The van der Waals surface area contributed by atoms with Crippen molar-refractivity contribution in [2.24, 2.45) is 0 Å². The average Bonchev–Trinajstić information content (AvgIpc) is 3.27. The molecule has 1 atom stereocenters. The van der Waals surface area contributed by atoms with Gasteiger partial charge in [-0.1, -0.05) is 6.58 Å². The number of nitrogens with zero attached hydrogens (tertiary/aromatic N) is 5. The summed E-state index contributed by atoms with van der Waals surface area (Å²) in [5.41, 5.74) is 3.57. The number of anilines is 1. The van der Waals surface area contributed by atoms with Gasteiger partial charge in [-0.3, -0.25) is 4.79 Å². The molecule has 7 nitrogen and oxygen atoms in total. The number of aromatic nitrogens is 4. The van der Waals surface area contributed by atoms with E-state index >= 15 is 0 Å². The summed E-state index contributed by atoms with van der Waals surface area (Å²) in [5, 5.41) is 0.957. The van der Waals surface area contributed by atoms with Crippen LogP contribution in [0.3, 0.4) is 0 Å². The van der Waals surface area contributed by atoms with E-state index < -0.39 is 0 Å². The second-order valence-electron chi connectivity index (χ2n) is 5.65. The predicted molar refractivity (Wildman–Crippen MR) is 92.8 cm³/mol. The van der Waals surface area contributed by atoms with Crippen LogP contribution in [0.25, 0.3) is 11.0 Å². The lowest BCUT2D eigenvalue weighted by Gasteiger charge is -2.37. The molecule has 1 aliphatic heterocycles. The van der Waals surface area contributed by atoms with E-state index in [0.717, 1.165) is 22.5 Å². The molecular formula is C16H16N6OS. The highest BCUT2D eigenvalue weighted by Gasteiger charge is 2.33. The Bertz CT molecular complexity index is 916. The normalized spacial score (nSPS) is 16.9. The number of likely N-dealkylation sites (N-methyl/N-ethyl adjacent to an activating group) is 1. The number of carbonyl (C=O) groups excluding carboxylic acids is 1. The molecule has 0 radical (unpaired) electrons. The summed E-state index contributed by atoms with van der Waals surface area (Å²) < 4.78 is 0. The summed E-state index contributed by atoms with van der Waals surface area (Å²) in [5.74, 6) is 0.750. The first-order chi connectivity index (χ1) is 11.7. The van der Waals surface area contributed by atoms with E-state index in [4.69, 9.17) is 0 Å². The third-order valence-corrected chi connectivity index (χ3v) is 5.30. The van der Waals surface area contributed by atoms with Crippen molar-refractivity contribution in [1.82, 2.24) is 24.8 Å². The third-order valence-electron chi connectivity index (χ3n) is 4.33. The van der Waals surface area contributed by atoms with Crippen LogP contribution in [-0.2, 0) is 11.3 Å². The molecule has 0 saturated heterocycles. The Labute approximate surface area is 142 Å². The Kier molecular flexibility index (Phi) is 3.53. The number of nitrogens with one attached hydrogen (secondary N) is 1. The molecule has 0 aliphatic carbocycles. The van der Waals surface area contributed by atoms with Gasteiger partial charge in [-0.05, 0) is 12.1 Å². The van der Waals surface area contributed by atoms with Crippen molar-refractivity contribution in [3.8, 4) is 0 Å². The van der Waals surface area contributed by atoms with Crippen molar-refractivity contribution in [3.63, 3.8) is 0 Å². The largest absolute Gasteiger partial charge is 0.349 e. The van der Waals surface area contributed by atoms with Crippen LogP contribution in [0.2, 0.25) is 0 Å². The molecular weight excluding hydrogens is 324 g/mol. The molecule has 24 heavy (non-hydrogen) atoms. The zero-order valence-electron chi connectivity index (χ0n) is 13.1. The molecule has 1 amide bonds. The summed E-state index contributed by atoms with van der Waals surface area (Å²) in [6.45, 7) is 4.70. The van der Waals surface area contributed by atoms with E-state index in [1.54, 1.807) is 22.6 Å². The van der Waals surface area contributed by atoms with Crippen molar-refractivity contribution in [2.75, 3.05) is 18.5 Å². The van der Waals surface area contributed by atoms with Gasteiger partial charge in [0.15, 0.2) is 0 Å². The Hall–Kier alpha value is -2.74. The van der Waals surface area contributed by atoms with Gasteiger partial charge in [0.1, 0.15) is 17.8 Å². The fourth-order valence-corrected chi connectivity index (χ4v) is 4.02. The molecule has 0 aromatic carbocycles. The van der Waals surface area contributed by atoms with E-state index in [1.807, 2.05) is 24.8 Å². The molecule has 8 heteroatoms. The fourth-order valence-electron chi connectivity index (χ4n) is 3.09. The Morgan fingerprint density at radius 1 is 1.50 bits per heavy atom. The lowest BCUT2D eigenvalue weighted by molar-refractivity contribution is -0.127. The molecule has 4 rings (SSSR count). The number of H-pyrrole nitrogens is 1. The van der Waals surface area contributed by atoms with Crippen molar-refractivity contribution >= 4 is 34.1 Å². The topological polar surface area (TPSA) is 78.0 Å². The maximum absolute atomic E-state index is 12.1. The molecule has 122 valence electrons. The maximum atomic E-state index is 12.1. The lowest BCUT2D eigenvalue weighted by Crippen LogP contribution is -2.42. The molecule has 1 N–H and O–H groups in total. The van der Waals surface area contributed by atoms with Crippen molar-refractivity contribution in [3.05, 3.63) is 47.3 Å². The monoisotopic (exact) mass is 340 g/mol. The first kappa shape index (κ1) is 14.8. The van der Waals surface area contributed by atoms with E-state index in [0.29, 0.717) is 13.1 Å². The van der Waals surface area contributed by atoms with E-state index in [2.05, 4.69) is 31.4 Å². The first-order valence-corrected chi connectivity index (χ1v) is 8.41. The van der Waals surface area contributed by atoms with E-state index in [-0.39, 0.29) is 11.9 Å². The highest BCUT2D eigenvalue weighted by Crippen LogP contribution is 2.36. The second kappa shape index (κ2) is 5.72. The number of aromatic amines is 1. The number of amides is 1. The minimum Gasteiger partial charge on any atom is -0.349 e. The Balaban J connectivity index is 1.76. The summed E-state index contributed by atoms with van der Waals surface area (Å²) in [4.78, 5) is 33.4. The standard InChI is InChI=1S/C16H16N6OS/c1-3-13(23)22-6-11-14(24-9-20-11)12(7-22)21(2)16-10-4-5-17-15(10)18-8-19-16/h3-5,8-9,12H,1,6-7H2,2H3,(H,17,18,19)/t12-/m0/s1. The Morgan fingerprint density at radius 3 is 3.21 bits per heavy atom. The second-order valence-corrected chi connectivity index (χ2v) is 6.54. The summed E-state index contributed by atoms with van der Waals surface area (Å²) in [7, 11) is 1.99. The molecule has 0 saturated carbocycles. The van der Waals surface area contributed by atoms with Gasteiger partial charge >= 0.3 is 0 Å². The van der Waals surface area contributed by atoms with Crippen LogP contribution in [0.5, 0.6) is 0 Å². The van der Waals surface area contributed by atoms with Crippen LogP contribution >= 0.6 is 11.3 Å². The number of thiazole rings is 1. The smallest absolute Gasteiger partial charge is 0.246 e. The molecule has 3 aromatic heterocycles. The predicted octanol–water partition coefficient (Wildman–Crippen LogP) is 2.12. The Morgan fingerprint density at radius 2 is 2.38 bits per heavy atom. The molecule has 0 spiro atoms. The van der Waals surface area contributed by atoms with Crippen molar-refractivity contribution in [2.45, 2.75) is 12.6 Å². The van der Waals surface area contributed by atoms with Gasteiger partial charge < -0.3 is 14.8 Å². The SMILES string of the molecule is C=CC(=O)N1Cc2ncsc2[C@@H](N(C)c2ncnc3[nH]ccc23)C1. The maximum Gasteiger partial charge on any atom is 0.246 e. The van der Waals surface area contributed by atoms with Gasteiger partial charge in [0.25, 0.3) is 0 Å². The number of rotatable bonds is 3. The van der Waals surface area contributed by atoms with Crippen LogP contribution in [0.4, 0.5) is 5.82 Å². The van der Waals surface area contributed by atoms with Crippen LogP contribution in [0.1, 0.15) is 16.6 Å². The zero-order chi connectivity index (χ0) is 16.7. The fraction of sp³-hybridized carbons (Fsp3) is 0.250. The summed E-state index contributed by atoms with van der Waals surface area (Å²) in [6.07, 6.45) is 4.75. The van der Waals surface area contributed by atoms with Crippen molar-refractivity contribution in [1.29, 1.82) is 0 Å². The minimum absolute atomic E-state index is 0.00171. The number of fused-ring (bicyclic) bond motifs is 2. The molecule has 0 bridgehead atoms. The quantitative estimate of drug-likeness (QED) is 0.739. The third kappa shape index (κ3) is 2.26. The van der Waals surface area contributed by atoms with Gasteiger partial charge in [-0.15, -0.1) is 11.3 Å². The van der Waals surface area contributed by atoms with Gasteiger partial charge in [-0.2, -0.15) is 0 Å².